The monoisotopic (exact) mass is 340 g/mol. The van der Waals surface area contributed by atoms with Gasteiger partial charge in [0.1, 0.15) is 5.69 Å². The molecule has 1 aliphatic heterocycles. The van der Waals surface area contributed by atoms with E-state index in [1.807, 2.05) is 29.9 Å². The van der Waals surface area contributed by atoms with Crippen molar-refractivity contribution < 1.29 is 0 Å². The van der Waals surface area contributed by atoms with Gasteiger partial charge in [-0.3, -0.25) is 4.68 Å². The number of hydrogen-bond acceptors (Lipinski definition) is 3. The highest BCUT2D eigenvalue weighted by Gasteiger charge is 2.15. The Balaban J connectivity index is 1.69. The number of hydrogen-bond donors (Lipinski definition) is 2. The fraction of sp³-hybridized carbons (Fsp3) is 0.316. The third-order valence-corrected chi connectivity index (χ3v) is 4.89. The minimum atomic E-state index is 0.546. The van der Waals surface area contributed by atoms with E-state index in [-0.39, 0.29) is 0 Å². The Labute approximate surface area is 146 Å². The number of nitrogens with one attached hydrogen (secondary N) is 2. The molecule has 24 heavy (non-hydrogen) atoms. The first-order valence-electron chi connectivity index (χ1n) is 8.41. The molecular weight excluding hydrogens is 320 g/mol. The molecule has 2 aromatic carbocycles. The molecular formula is C19H21ClN4. The van der Waals surface area contributed by atoms with Crippen molar-refractivity contribution in [1.82, 2.24) is 15.1 Å². The number of benzene rings is 2. The van der Waals surface area contributed by atoms with Crippen molar-refractivity contribution in [3.05, 3.63) is 47.5 Å². The largest absolute Gasteiger partial charge is 0.382 e. The third-order valence-electron chi connectivity index (χ3n) is 4.66. The highest BCUT2D eigenvalue weighted by atomic mass is 35.5. The number of rotatable bonds is 3. The van der Waals surface area contributed by atoms with Crippen molar-refractivity contribution in [2.24, 2.45) is 7.05 Å². The summed E-state index contributed by atoms with van der Waals surface area (Å²) in [5.41, 5.74) is 4.31. The summed E-state index contributed by atoms with van der Waals surface area (Å²) >= 11 is 6.14. The number of aryl methyl sites for hydroxylation is 1. The van der Waals surface area contributed by atoms with E-state index in [1.165, 1.54) is 0 Å². The van der Waals surface area contributed by atoms with Gasteiger partial charge >= 0.3 is 0 Å². The van der Waals surface area contributed by atoms with Gasteiger partial charge in [0.05, 0.1) is 5.52 Å². The summed E-state index contributed by atoms with van der Waals surface area (Å²) in [7, 11) is 1.99. The molecule has 1 aliphatic rings. The van der Waals surface area contributed by atoms with E-state index in [1.54, 1.807) is 0 Å². The maximum atomic E-state index is 6.14. The number of fused-ring (bicyclic) bond motifs is 1. The molecule has 1 saturated heterocycles. The molecule has 0 aliphatic carbocycles. The van der Waals surface area contributed by atoms with Crippen molar-refractivity contribution in [3.8, 4) is 11.3 Å². The van der Waals surface area contributed by atoms with E-state index < -0.39 is 0 Å². The van der Waals surface area contributed by atoms with Gasteiger partial charge in [0.2, 0.25) is 0 Å². The van der Waals surface area contributed by atoms with Gasteiger partial charge in [0, 0.05) is 34.7 Å². The van der Waals surface area contributed by atoms with Crippen LogP contribution in [0.5, 0.6) is 0 Å². The van der Waals surface area contributed by atoms with Crippen LogP contribution in [0.15, 0.2) is 42.5 Å². The van der Waals surface area contributed by atoms with E-state index in [9.17, 15) is 0 Å². The van der Waals surface area contributed by atoms with Gasteiger partial charge in [0.25, 0.3) is 0 Å². The van der Waals surface area contributed by atoms with E-state index in [4.69, 9.17) is 16.7 Å². The summed E-state index contributed by atoms with van der Waals surface area (Å²) in [4.78, 5) is 0. The molecule has 124 valence electrons. The molecule has 0 spiro atoms. The number of halogens is 1. The molecule has 0 bridgehead atoms. The summed E-state index contributed by atoms with van der Waals surface area (Å²) in [5, 5.41) is 13.6. The number of aromatic nitrogens is 2. The van der Waals surface area contributed by atoms with E-state index in [0.29, 0.717) is 6.04 Å². The first-order chi connectivity index (χ1) is 11.7. The quantitative estimate of drug-likeness (QED) is 0.755. The van der Waals surface area contributed by atoms with Crippen LogP contribution in [0.4, 0.5) is 5.69 Å². The van der Waals surface area contributed by atoms with E-state index in [0.717, 1.165) is 58.8 Å². The first kappa shape index (κ1) is 15.5. The Morgan fingerprint density at radius 2 is 2.00 bits per heavy atom. The summed E-state index contributed by atoms with van der Waals surface area (Å²) in [6.45, 7) is 2.18. The van der Waals surface area contributed by atoms with E-state index >= 15 is 0 Å². The lowest BCUT2D eigenvalue weighted by molar-refractivity contribution is 0.479. The highest BCUT2D eigenvalue weighted by molar-refractivity contribution is 6.30. The second-order valence-electron chi connectivity index (χ2n) is 6.38. The van der Waals surface area contributed by atoms with Gasteiger partial charge in [-0.25, -0.2) is 0 Å². The van der Waals surface area contributed by atoms with Crippen LogP contribution in [0, 0.1) is 0 Å². The molecule has 4 rings (SSSR count). The molecule has 3 aromatic rings. The molecule has 0 saturated carbocycles. The summed E-state index contributed by atoms with van der Waals surface area (Å²) in [5.74, 6) is 0. The van der Waals surface area contributed by atoms with Gasteiger partial charge in [-0.1, -0.05) is 23.7 Å². The molecule has 1 fully saturated rings. The second kappa shape index (κ2) is 6.46. The van der Waals surface area contributed by atoms with Gasteiger partial charge in [0.15, 0.2) is 0 Å². The molecule has 0 unspecified atom stereocenters. The minimum Gasteiger partial charge on any atom is -0.382 e. The third kappa shape index (κ3) is 2.99. The van der Waals surface area contributed by atoms with Crippen LogP contribution in [-0.2, 0) is 7.05 Å². The van der Waals surface area contributed by atoms with Crippen LogP contribution in [0.1, 0.15) is 12.8 Å². The van der Waals surface area contributed by atoms with Crippen molar-refractivity contribution in [3.63, 3.8) is 0 Å². The topological polar surface area (TPSA) is 41.9 Å². The second-order valence-corrected chi connectivity index (χ2v) is 6.82. The molecule has 4 nitrogen and oxygen atoms in total. The zero-order valence-corrected chi connectivity index (χ0v) is 14.5. The average molecular weight is 341 g/mol. The van der Waals surface area contributed by atoms with Crippen LogP contribution >= 0.6 is 11.6 Å². The fourth-order valence-corrected chi connectivity index (χ4v) is 3.59. The van der Waals surface area contributed by atoms with Crippen LogP contribution in [0.25, 0.3) is 22.2 Å². The highest BCUT2D eigenvalue weighted by Crippen LogP contribution is 2.31. The molecule has 5 heteroatoms. The number of nitrogens with zero attached hydrogens (tertiary/aromatic N) is 2. The van der Waals surface area contributed by atoms with Gasteiger partial charge < -0.3 is 10.6 Å². The van der Waals surface area contributed by atoms with Crippen LogP contribution in [0.2, 0.25) is 5.02 Å². The molecule has 0 radical (unpaired) electrons. The predicted octanol–water partition coefficient (Wildman–Crippen LogP) is 4.06. The lowest BCUT2D eigenvalue weighted by Gasteiger charge is -2.24. The van der Waals surface area contributed by atoms with Crippen molar-refractivity contribution in [2.75, 3.05) is 18.4 Å². The van der Waals surface area contributed by atoms with Gasteiger partial charge in [-0.2, -0.15) is 5.10 Å². The SMILES string of the molecule is Cn1nc(-c2cccc(Cl)c2)c2ccc(NC3CCNCC3)cc21. The lowest BCUT2D eigenvalue weighted by Crippen LogP contribution is -2.35. The predicted molar refractivity (Wildman–Crippen MR) is 101 cm³/mol. The van der Waals surface area contributed by atoms with Crippen LogP contribution in [-0.4, -0.2) is 28.9 Å². The molecule has 0 amide bonds. The van der Waals surface area contributed by atoms with Gasteiger partial charge in [-0.05, 0) is 56.3 Å². The Kier molecular flexibility index (Phi) is 4.17. The Bertz CT molecular complexity index is 865. The van der Waals surface area contributed by atoms with E-state index in [2.05, 4.69) is 34.9 Å². The number of anilines is 1. The molecule has 0 atom stereocenters. The summed E-state index contributed by atoms with van der Waals surface area (Å²) < 4.78 is 1.94. The zero-order chi connectivity index (χ0) is 16.5. The normalized spacial score (nSPS) is 15.8. The maximum Gasteiger partial charge on any atom is 0.100 e. The Morgan fingerprint density at radius 3 is 2.79 bits per heavy atom. The molecule has 1 aromatic heterocycles. The minimum absolute atomic E-state index is 0.546. The number of piperidine rings is 1. The fourth-order valence-electron chi connectivity index (χ4n) is 3.40. The molecule has 2 heterocycles. The van der Waals surface area contributed by atoms with Gasteiger partial charge in [-0.15, -0.1) is 0 Å². The maximum absolute atomic E-state index is 6.14. The van der Waals surface area contributed by atoms with Crippen molar-refractivity contribution in [1.29, 1.82) is 0 Å². The zero-order valence-electron chi connectivity index (χ0n) is 13.7. The summed E-state index contributed by atoms with van der Waals surface area (Å²) in [6.07, 6.45) is 2.33. The Hall–Kier alpha value is -2.04. The summed E-state index contributed by atoms with van der Waals surface area (Å²) in [6, 6.07) is 14.9. The smallest absolute Gasteiger partial charge is 0.100 e. The van der Waals surface area contributed by atoms with Crippen molar-refractivity contribution in [2.45, 2.75) is 18.9 Å². The first-order valence-corrected chi connectivity index (χ1v) is 8.78. The van der Waals surface area contributed by atoms with Crippen LogP contribution < -0.4 is 10.6 Å². The lowest BCUT2D eigenvalue weighted by atomic mass is 10.1. The average Bonchev–Trinajstić information content (AvgIpc) is 2.92. The van der Waals surface area contributed by atoms with Crippen LogP contribution in [0.3, 0.4) is 0 Å². The van der Waals surface area contributed by atoms with Crippen molar-refractivity contribution >= 4 is 28.2 Å². The standard InChI is InChI=1S/C19H21ClN4/c1-24-18-12-16(22-15-7-9-21-10-8-15)5-6-17(18)19(23-24)13-3-2-4-14(20)11-13/h2-6,11-12,15,21-22H,7-10H2,1H3. The Morgan fingerprint density at radius 1 is 1.17 bits per heavy atom. The molecule has 2 N–H and O–H groups in total.